The molecule has 3 nitrogen and oxygen atoms in total. The van der Waals surface area contributed by atoms with Gasteiger partial charge in [-0.25, -0.2) is 9.07 Å². The van der Waals surface area contributed by atoms with E-state index < -0.39 is 11.9 Å². The second kappa shape index (κ2) is 5.13. The molecule has 19 heavy (non-hydrogen) atoms. The van der Waals surface area contributed by atoms with E-state index in [1.165, 1.54) is 11.6 Å². The van der Waals surface area contributed by atoms with Gasteiger partial charge in [-0.1, -0.05) is 13.0 Å². The minimum atomic E-state index is -0.870. The van der Waals surface area contributed by atoms with E-state index in [0.29, 0.717) is 5.69 Å². The van der Waals surface area contributed by atoms with E-state index in [9.17, 15) is 9.50 Å². The topological polar surface area (TPSA) is 38.0 Å². The van der Waals surface area contributed by atoms with Gasteiger partial charge in [0, 0.05) is 11.3 Å². The van der Waals surface area contributed by atoms with Gasteiger partial charge in [-0.05, 0) is 44.9 Å². The minimum Gasteiger partial charge on any atom is -0.389 e. The van der Waals surface area contributed by atoms with Gasteiger partial charge < -0.3 is 5.11 Å². The van der Waals surface area contributed by atoms with Crippen molar-refractivity contribution in [1.29, 1.82) is 0 Å². The first-order chi connectivity index (χ1) is 8.97. The van der Waals surface area contributed by atoms with E-state index in [1.54, 1.807) is 23.7 Å². The summed E-state index contributed by atoms with van der Waals surface area (Å²) in [5.74, 6) is -0.405. The normalized spacial score (nSPS) is 12.7. The van der Waals surface area contributed by atoms with Gasteiger partial charge >= 0.3 is 0 Å². The van der Waals surface area contributed by atoms with Crippen LogP contribution in [0.3, 0.4) is 0 Å². The van der Waals surface area contributed by atoms with Crippen LogP contribution in [0.1, 0.15) is 42.5 Å². The number of hydrogen-bond donors (Lipinski definition) is 1. The molecule has 102 valence electrons. The molecule has 2 rings (SSSR count). The summed E-state index contributed by atoms with van der Waals surface area (Å²) < 4.78 is 15.6. The maximum absolute atomic E-state index is 13.9. The van der Waals surface area contributed by atoms with Crippen LogP contribution in [-0.4, -0.2) is 14.9 Å². The van der Waals surface area contributed by atoms with E-state index in [4.69, 9.17) is 0 Å². The average molecular weight is 262 g/mol. The predicted octanol–water partition coefficient (Wildman–Crippen LogP) is 3.24. The Morgan fingerprint density at radius 3 is 2.58 bits per heavy atom. The van der Waals surface area contributed by atoms with Crippen molar-refractivity contribution >= 4 is 0 Å². The third kappa shape index (κ3) is 2.28. The molecule has 1 aromatic heterocycles. The Hall–Kier alpha value is -1.68. The lowest BCUT2D eigenvalue weighted by Crippen LogP contribution is -2.08. The fourth-order valence-corrected chi connectivity index (χ4v) is 2.55. The number of aromatic nitrogens is 2. The summed E-state index contributed by atoms with van der Waals surface area (Å²) in [7, 11) is 0. The zero-order valence-corrected chi connectivity index (χ0v) is 11.7. The van der Waals surface area contributed by atoms with Gasteiger partial charge in [0.2, 0.25) is 0 Å². The maximum atomic E-state index is 13.9. The molecule has 0 fully saturated rings. The summed E-state index contributed by atoms with van der Waals surface area (Å²) in [6, 6.07) is 4.78. The largest absolute Gasteiger partial charge is 0.389 e. The molecule has 4 heteroatoms. The van der Waals surface area contributed by atoms with Gasteiger partial charge in [-0.3, -0.25) is 0 Å². The molecule has 0 bridgehead atoms. The van der Waals surface area contributed by atoms with Gasteiger partial charge in [0.15, 0.2) is 0 Å². The van der Waals surface area contributed by atoms with Crippen molar-refractivity contribution in [3.8, 4) is 5.69 Å². The van der Waals surface area contributed by atoms with Gasteiger partial charge in [0.05, 0.1) is 17.5 Å². The first-order valence-electron chi connectivity index (χ1n) is 6.49. The Morgan fingerprint density at radius 1 is 1.37 bits per heavy atom. The van der Waals surface area contributed by atoms with Gasteiger partial charge in [0.25, 0.3) is 0 Å². The van der Waals surface area contributed by atoms with Crippen molar-refractivity contribution in [2.24, 2.45) is 0 Å². The Kier molecular flexibility index (Phi) is 3.71. The Labute approximate surface area is 112 Å². The molecule has 1 aromatic carbocycles. The van der Waals surface area contributed by atoms with Crippen LogP contribution in [0.4, 0.5) is 4.39 Å². The first-order valence-corrected chi connectivity index (χ1v) is 6.49. The average Bonchev–Trinajstić information content (AvgIpc) is 2.63. The molecule has 1 atom stereocenters. The molecular weight excluding hydrogens is 243 g/mol. The third-order valence-corrected chi connectivity index (χ3v) is 3.47. The highest BCUT2D eigenvalue weighted by Crippen LogP contribution is 2.27. The van der Waals surface area contributed by atoms with Crippen molar-refractivity contribution in [1.82, 2.24) is 9.78 Å². The zero-order chi connectivity index (χ0) is 14.2. The molecule has 0 unspecified atom stereocenters. The van der Waals surface area contributed by atoms with Crippen molar-refractivity contribution in [2.75, 3.05) is 0 Å². The van der Waals surface area contributed by atoms with E-state index >= 15 is 0 Å². The van der Waals surface area contributed by atoms with E-state index in [-0.39, 0.29) is 5.56 Å². The third-order valence-electron chi connectivity index (χ3n) is 3.47. The highest BCUT2D eigenvalue weighted by atomic mass is 19.1. The summed E-state index contributed by atoms with van der Waals surface area (Å²) in [5.41, 5.74) is 4.00. The zero-order valence-electron chi connectivity index (χ0n) is 11.7. The Morgan fingerprint density at radius 2 is 2.05 bits per heavy atom. The van der Waals surface area contributed by atoms with E-state index in [0.717, 1.165) is 17.8 Å². The summed E-state index contributed by atoms with van der Waals surface area (Å²) in [6.45, 7) is 7.55. The van der Waals surface area contributed by atoms with Crippen molar-refractivity contribution < 1.29 is 9.50 Å². The molecule has 0 saturated heterocycles. The lowest BCUT2D eigenvalue weighted by atomic mass is 10.1. The van der Waals surface area contributed by atoms with Crippen molar-refractivity contribution in [2.45, 2.75) is 40.2 Å². The van der Waals surface area contributed by atoms with Crippen LogP contribution < -0.4 is 0 Å². The Balaban J connectivity index is 2.69. The summed E-state index contributed by atoms with van der Waals surface area (Å²) in [4.78, 5) is 0. The number of nitrogens with zero attached hydrogens (tertiary/aromatic N) is 2. The molecule has 0 amide bonds. The number of aryl methyl sites for hydroxylation is 1. The SMILES string of the molecule is CCc1c(C)nn(-c2cccc(F)c2[C@@H](C)O)c1C. The molecule has 0 aliphatic carbocycles. The summed E-state index contributed by atoms with van der Waals surface area (Å²) >= 11 is 0. The number of aliphatic hydroxyl groups is 1. The number of aliphatic hydroxyl groups excluding tert-OH is 1. The summed E-state index contributed by atoms with van der Waals surface area (Å²) in [6.07, 6.45) is 0.0157. The fourth-order valence-electron chi connectivity index (χ4n) is 2.55. The molecular formula is C15H19FN2O. The first kappa shape index (κ1) is 13.7. The predicted molar refractivity (Wildman–Crippen MR) is 73.0 cm³/mol. The monoisotopic (exact) mass is 262 g/mol. The molecule has 0 saturated carbocycles. The van der Waals surface area contributed by atoms with Crippen LogP contribution >= 0.6 is 0 Å². The number of halogens is 1. The van der Waals surface area contributed by atoms with Crippen LogP contribution in [0, 0.1) is 19.7 Å². The smallest absolute Gasteiger partial charge is 0.131 e. The molecule has 0 radical (unpaired) electrons. The quantitative estimate of drug-likeness (QED) is 0.922. The standard InChI is InChI=1S/C15H19FN2O/c1-5-12-9(2)17-18(10(12)3)14-8-6-7-13(16)15(14)11(4)19/h6-8,11,19H,5H2,1-4H3/t11-/m1/s1. The second-order valence-electron chi connectivity index (χ2n) is 4.76. The highest BCUT2D eigenvalue weighted by Gasteiger charge is 2.18. The van der Waals surface area contributed by atoms with Gasteiger partial charge in [0.1, 0.15) is 5.82 Å². The van der Waals surface area contributed by atoms with Crippen LogP contribution in [0.25, 0.3) is 5.69 Å². The number of rotatable bonds is 3. The molecule has 0 spiro atoms. The molecule has 1 heterocycles. The van der Waals surface area contributed by atoms with Crippen molar-refractivity contribution in [3.05, 3.63) is 46.5 Å². The molecule has 0 aliphatic heterocycles. The van der Waals surface area contributed by atoms with Crippen LogP contribution in [-0.2, 0) is 6.42 Å². The molecule has 1 N–H and O–H groups in total. The minimum absolute atomic E-state index is 0.288. The number of hydrogen-bond acceptors (Lipinski definition) is 2. The summed E-state index contributed by atoms with van der Waals surface area (Å²) in [5, 5.41) is 14.3. The van der Waals surface area contributed by atoms with Crippen LogP contribution in [0.2, 0.25) is 0 Å². The lowest BCUT2D eigenvalue weighted by Gasteiger charge is -2.14. The van der Waals surface area contributed by atoms with Gasteiger partial charge in [-0.15, -0.1) is 0 Å². The van der Waals surface area contributed by atoms with E-state index in [2.05, 4.69) is 12.0 Å². The Bertz CT molecular complexity index is 602. The highest BCUT2D eigenvalue weighted by molar-refractivity contribution is 5.45. The van der Waals surface area contributed by atoms with Crippen LogP contribution in [0.15, 0.2) is 18.2 Å². The number of benzene rings is 1. The maximum Gasteiger partial charge on any atom is 0.131 e. The second-order valence-corrected chi connectivity index (χ2v) is 4.76. The fraction of sp³-hybridized carbons (Fsp3) is 0.400. The van der Waals surface area contributed by atoms with Gasteiger partial charge in [-0.2, -0.15) is 5.10 Å². The van der Waals surface area contributed by atoms with Crippen LogP contribution in [0.5, 0.6) is 0 Å². The van der Waals surface area contributed by atoms with E-state index in [1.807, 2.05) is 13.8 Å². The molecule has 2 aromatic rings. The van der Waals surface area contributed by atoms with Crippen molar-refractivity contribution in [3.63, 3.8) is 0 Å². The molecule has 0 aliphatic rings. The lowest BCUT2D eigenvalue weighted by molar-refractivity contribution is 0.193.